The summed E-state index contributed by atoms with van der Waals surface area (Å²) in [5.41, 5.74) is 1.93. The van der Waals surface area contributed by atoms with Crippen molar-refractivity contribution in [2.75, 3.05) is 5.32 Å². The summed E-state index contributed by atoms with van der Waals surface area (Å²) < 4.78 is 6.03. The van der Waals surface area contributed by atoms with Crippen molar-refractivity contribution in [3.8, 4) is 5.75 Å². The Kier molecular flexibility index (Phi) is 5.53. The topological polar surface area (TPSA) is 68.3 Å². The lowest BCUT2D eigenvalue weighted by atomic mass is 10.0. The molecule has 0 saturated heterocycles. The molecule has 5 nitrogen and oxygen atoms in total. The Morgan fingerprint density at radius 2 is 2.07 bits per heavy atom. The molecule has 0 spiro atoms. The number of hydrogen-bond acceptors (Lipinski definition) is 5. The molecule has 142 valence electrons. The maximum atomic E-state index is 12.3. The Morgan fingerprint density at radius 1 is 1.22 bits per heavy atom. The summed E-state index contributed by atoms with van der Waals surface area (Å²) in [6, 6.07) is 8.03. The van der Waals surface area contributed by atoms with E-state index in [4.69, 9.17) is 4.74 Å². The largest absolute Gasteiger partial charge is 0.490 e. The number of ether oxygens (including phenoxy) is 1. The van der Waals surface area contributed by atoms with Crippen molar-refractivity contribution < 1.29 is 14.3 Å². The van der Waals surface area contributed by atoms with E-state index in [9.17, 15) is 9.59 Å². The molecule has 1 heterocycles. The first-order valence-corrected chi connectivity index (χ1v) is 10.6. The van der Waals surface area contributed by atoms with Gasteiger partial charge < -0.3 is 10.1 Å². The number of amides is 1. The summed E-state index contributed by atoms with van der Waals surface area (Å²) in [4.78, 5) is 29.3. The molecule has 4 rings (SSSR count). The van der Waals surface area contributed by atoms with Crippen LogP contribution >= 0.6 is 11.3 Å². The number of benzene rings is 1. The Hall–Kier alpha value is -2.21. The second kappa shape index (κ2) is 8.21. The van der Waals surface area contributed by atoms with Crippen LogP contribution < -0.4 is 10.1 Å². The van der Waals surface area contributed by atoms with E-state index in [0.717, 1.165) is 42.7 Å². The quantitative estimate of drug-likeness (QED) is 0.793. The Balaban J connectivity index is 1.31. The third kappa shape index (κ3) is 4.56. The average molecular weight is 385 g/mol. The lowest BCUT2D eigenvalue weighted by Gasteiger charge is -2.13. The summed E-state index contributed by atoms with van der Waals surface area (Å²) in [6.45, 7) is 0. The van der Waals surface area contributed by atoms with E-state index < -0.39 is 0 Å². The van der Waals surface area contributed by atoms with Gasteiger partial charge in [0.1, 0.15) is 5.75 Å². The monoisotopic (exact) mass is 384 g/mol. The number of Topliss-reactive ketones (excluding diaryl/α,β-unsaturated/α-hetero) is 1. The van der Waals surface area contributed by atoms with Crippen LogP contribution in [0, 0.1) is 0 Å². The van der Waals surface area contributed by atoms with Crippen molar-refractivity contribution in [2.45, 2.75) is 63.9 Å². The van der Waals surface area contributed by atoms with E-state index >= 15 is 0 Å². The number of ketones is 1. The van der Waals surface area contributed by atoms with Crippen LogP contribution in [-0.4, -0.2) is 22.8 Å². The third-order valence-corrected chi connectivity index (χ3v) is 6.21. The second-order valence-electron chi connectivity index (χ2n) is 7.29. The third-order valence-electron chi connectivity index (χ3n) is 5.16. The molecule has 1 aromatic carbocycles. The summed E-state index contributed by atoms with van der Waals surface area (Å²) in [6.07, 6.45) is 8.38. The van der Waals surface area contributed by atoms with Gasteiger partial charge in [0, 0.05) is 12.8 Å². The number of nitrogens with zero attached hydrogens (tertiary/aromatic N) is 1. The number of nitrogens with one attached hydrogen (secondary N) is 1. The van der Waals surface area contributed by atoms with Gasteiger partial charge in [0.15, 0.2) is 10.9 Å². The van der Waals surface area contributed by atoms with Crippen molar-refractivity contribution in [3.05, 3.63) is 40.4 Å². The Labute approximate surface area is 163 Å². The number of anilines is 1. The first kappa shape index (κ1) is 18.2. The van der Waals surface area contributed by atoms with Gasteiger partial charge in [-0.15, -0.1) is 0 Å². The van der Waals surface area contributed by atoms with Gasteiger partial charge in [0.05, 0.1) is 16.7 Å². The number of aryl methyl sites for hydroxylation is 2. The van der Waals surface area contributed by atoms with Crippen molar-refractivity contribution in [1.29, 1.82) is 0 Å². The fourth-order valence-corrected chi connectivity index (χ4v) is 4.73. The molecule has 0 aliphatic heterocycles. The standard InChI is InChI=1S/C21H24N2O3S/c24-18-10-4-9-17-20(18)27-21(22-17)23-19(25)12-11-14-5-3-8-16(13-14)26-15-6-1-2-7-15/h3,5,8,13,15H,1-2,4,6-7,9-12H2,(H,22,23,25). The number of rotatable bonds is 6. The first-order valence-electron chi connectivity index (χ1n) is 9.76. The maximum absolute atomic E-state index is 12.3. The highest BCUT2D eigenvalue weighted by atomic mass is 32.1. The van der Waals surface area contributed by atoms with E-state index in [1.165, 1.54) is 24.2 Å². The molecule has 1 saturated carbocycles. The molecule has 1 aromatic heterocycles. The van der Waals surface area contributed by atoms with E-state index in [0.29, 0.717) is 35.4 Å². The van der Waals surface area contributed by atoms with Crippen LogP contribution in [0.5, 0.6) is 5.75 Å². The smallest absolute Gasteiger partial charge is 0.226 e. The van der Waals surface area contributed by atoms with Gasteiger partial charge in [-0.2, -0.15) is 0 Å². The van der Waals surface area contributed by atoms with E-state index in [1.54, 1.807) is 0 Å². The van der Waals surface area contributed by atoms with Gasteiger partial charge in [-0.1, -0.05) is 23.5 Å². The Morgan fingerprint density at radius 3 is 2.89 bits per heavy atom. The molecule has 0 radical (unpaired) electrons. The second-order valence-corrected chi connectivity index (χ2v) is 8.29. The predicted molar refractivity (Wildman–Crippen MR) is 106 cm³/mol. The average Bonchev–Trinajstić information content (AvgIpc) is 3.30. The number of carbonyl (C=O) groups excluding carboxylic acids is 2. The molecule has 0 unspecified atom stereocenters. The van der Waals surface area contributed by atoms with Crippen LogP contribution in [0.25, 0.3) is 0 Å². The van der Waals surface area contributed by atoms with E-state index in [2.05, 4.69) is 10.3 Å². The van der Waals surface area contributed by atoms with Crippen molar-refractivity contribution >= 4 is 28.2 Å². The molecular weight excluding hydrogens is 360 g/mol. The molecule has 1 fully saturated rings. The van der Waals surface area contributed by atoms with Gasteiger partial charge in [0.2, 0.25) is 5.91 Å². The SMILES string of the molecule is O=C(CCc1cccc(OC2CCCC2)c1)Nc1nc2c(s1)C(=O)CCC2. The number of carbonyl (C=O) groups is 2. The van der Waals surface area contributed by atoms with Crippen molar-refractivity contribution in [3.63, 3.8) is 0 Å². The van der Waals surface area contributed by atoms with Gasteiger partial charge in [0.25, 0.3) is 0 Å². The zero-order valence-corrected chi connectivity index (χ0v) is 16.1. The van der Waals surface area contributed by atoms with Crippen LogP contribution in [0.1, 0.15) is 65.9 Å². The minimum Gasteiger partial charge on any atom is -0.490 e. The molecular formula is C21H24N2O3S. The highest BCUT2D eigenvalue weighted by Crippen LogP contribution is 2.30. The van der Waals surface area contributed by atoms with Gasteiger partial charge in [-0.05, 0) is 62.6 Å². The highest BCUT2D eigenvalue weighted by molar-refractivity contribution is 7.17. The summed E-state index contributed by atoms with van der Waals surface area (Å²) >= 11 is 1.30. The number of aromatic nitrogens is 1. The molecule has 2 aromatic rings. The van der Waals surface area contributed by atoms with Gasteiger partial charge in [-0.25, -0.2) is 4.98 Å². The van der Waals surface area contributed by atoms with Crippen LogP contribution in [0.15, 0.2) is 24.3 Å². The normalized spacial score (nSPS) is 17.0. The van der Waals surface area contributed by atoms with Crippen molar-refractivity contribution in [1.82, 2.24) is 4.98 Å². The summed E-state index contributed by atoms with van der Waals surface area (Å²) in [5.74, 6) is 0.968. The molecule has 2 aliphatic rings. The van der Waals surface area contributed by atoms with Crippen LogP contribution in [-0.2, 0) is 17.6 Å². The molecule has 6 heteroatoms. The molecule has 0 atom stereocenters. The summed E-state index contributed by atoms with van der Waals surface area (Å²) in [7, 11) is 0. The van der Waals surface area contributed by atoms with Crippen LogP contribution in [0.2, 0.25) is 0 Å². The number of hydrogen-bond donors (Lipinski definition) is 1. The van der Waals surface area contributed by atoms with E-state index in [-0.39, 0.29) is 11.7 Å². The van der Waals surface area contributed by atoms with Crippen molar-refractivity contribution in [2.24, 2.45) is 0 Å². The van der Waals surface area contributed by atoms with Crippen LogP contribution in [0.4, 0.5) is 5.13 Å². The zero-order valence-electron chi connectivity index (χ0n) is 15.3. The van der Waals surface area contributed by atoms with Gasteiger partial charge in [-0.3, -0.25) is 9.59 Å². The van der Waals surface area contributed by atoms with E-state index in [1.807, 2.05) is 24.3 Å². The molecule has 1 amide bonds. The number of fused-ring (bicyclic) bond motifs is 1. The highest BCUT2D eigenvalue weighted by Gasteiger charge is 2.22. The lowest BCUT2D eigenvalue weighted by Crippen LogP contribution is -2.13. The maximum Gasteiger partial charge on any atom is 0.226 e. The predicted octanol–water partition coefficient (Wildman–Crippen LogP) is 4.55. The minimum absolute atomic E-state index is 0.0735. The molecule has 0 bridgehead atoms. The number of thiazole rings is 1. The van der Waals surface area contributed by atoms with Gasteiger partial charge >= 0.3 is 0 Å². The summed E-state index contributed by atoms with van der Waals surface area (Å²) in [5, 5.41) is 3.39. The molecule has 1 N–H and O–H groups in total. The lowest BCUT2D eigenvalue weighted by molar-refractivity contribution is -0.116. The molecule has 27 heavy (non-hydrogen) atoms. The fourth-order valence-electron chi connectivity index (χ4n) is 3.74. The minimum atomic E-state index is -0.0735. The van der Waals surface area contributed by atoms with Crippen LogP contribution in [0.3, 0.4) is 0 Å². The first-order chi connectivity index (χ1) is 13.2. The molecule has 2 aliphatic carbocycles. The fraction of sp³-hybridized carbons (Fsp3) is 0.476. The zero-order chi connectivity index (χ0) is 18.6. The Bertz CT molecular complexity index is 840.